The number of nitrogens with one attached hydrogen (secondary N) is 1. The molecule has 0 fully saturated rings. The van der Waals surface area contributed by atoms with Crippen molar-refractivity contribution in [2.45, 2.75) is 16.6 Å². The lowest BCUT2D eigenvalue weighted by Crippen LogP contribution is -2.32. The van der Waals surface area contributed by atoms with E-state index in [0.717, 1.165) is 10.6 Å². The van der Waals surface area contributed by atoms with Crippen molar-refractivity contribution in [1.29, 1.82) is 0 Å². The molecule has 3 N–H and O–H groups in total. The first-order chi connectivity index (χ1) is 9.06. The van der Waals surface area contributed by atoms with Crippen LogP contribution in [0.4, 0.5) is 5.69 Å². The Hall–Kier alpha value is -2.02. The number of amides is 2. The van der Waals surface area contributed by atoms with Gasteiger partial charge in [-0.2, -0.15) is 0 Å². The van der Waals surface area contributed by atoms with Gasteiger partial charge in [0.05, 0.1) is 17.4 Å². The van der Waals surface area contributed by atoms with Crippen LogP contribution in [-0.4, -0.2) is 29.6 Å². The molecule has 0 saturated carbocycles. The zero-order chi connectivity index (χ0) is 13.8. The van der Waals surface area contributed by atoms with E-state index in [4.69, 9.17) is 5.73 Å². The quantitative estimate of drug-likeness (QED) is 0.783. The van der Waals surface area contributed by atoms with Crippen molar-refractivity contribution in [3.63, 3.8) is 0 Å². The molecule has 0 radical (unpaired) electrons. The number of nitrogens with two attached hydrogens (primary N) is 1. The molecule has 0 spiro atoms. The summed E-state index contributed by atoms with van der Waals surface area (Å²) in [6.45, 7) is -0.464. The van der Waals surface area contributed by atoms with Gasteiger partial charge in [-0.3, -0.25) is 14.4 Å². The number of hydrogen-bond donors (Lipinski definition) is 2. The van der Waals surface area contributed by atoms with E-state index in [1.807, 2.05) is 18.2 Å². The minimum Gasteiger partial charge on any atom is -0.456 e. The van der Waals surface area contributed by atoms with Gasteiger partial charge >= 0.3 is 5.97 Å². The molecule has 0 aliphatic carbocycles. The summed E-state index contributed by atoms with van der Waals surface area (Å²) in [5, 5.41) is 2.16. The fourth-order valence-corrected chi connectivity index (χ4v) is 2.68. The number of para-hydroxylation sites is 1. The average Bonchev–Trinajstić information content (AvgIpc) is 2.37. The first-order valence-electron chi connectivity index (χ1n) is 5.57. The largest absolute Gasteiger partial charge is 0.456 e. The highest BCUT2D eigenvalue weighted by atomic mass is 32.2. The summed E-state index contributed by atoms with van der Waals surface area (Å²) >= 11 is 1.30. The van der Waals surface area contributed by atoms with Crippen LogP contribution in [0.5, 0.6) is 0 Å². The van der Waals surface area contributed by atoms with Crippen LogP contribution in [0, 0.1) is 0 Å². The fraction of sp³-hybridized carbons (Fsp3) is 0.250. The van der Waals surface area contributed by atoms with E-state index in [9.17, 15) is 14.4 Å². The van der Waals surface area contributed by atoms with E-state index in [0.29, 0.717) is 0 Å². The summed E-state index contributed by atoms with van der Waals surface area (Å²) in [5.41, 5.74) is 5.60. The lowest BCUT2D eigenvalue weighted by atomic mass is 10.2. The maximum absolute atomic E-state index is 11.8. The van der Waals surface area contributed by atoms with Gasteiger partial charge in [-0.15, -0.1) is 11.8 Å². The molecule has 2 amide bonds. The Kier molecular flexibility index (Phi) is 4.06. The molecule has 1 atom stereocenters. The molecular formula is C12H12N2O4S. The Morgan fingerprint density at radius 1 is 1.37 bits per heavy atom. The lowest BCUT2D eigenvalue weighted by molar-refractivity contribution is -0.148. The van der Waals surface area contributed by atoms with Gasteiger partial charge in [-0.25, -0.2) is 0 Å². The number of ether oxygens (including phenoxy) is 1. The topological polar surface area (TPSA) is 98.5 Å². The molecule has 1 aromatic carbocycles. The van der Waals surface area contributed by atoms with Crippen molar-refractivity contribution in [2.75, 3.05) is 11.9 Å². The van der Waals surface area contributed by atoms with Crippen LogP contribution in [0.2, 0.25) is 0 Å². The number of fused-ring (bicyclic) bond motifs is 1. The van der Waals surface area contributed by atoms with Gasteiger partial charge in [0.25, 0.3) is 5.91 Å². The van der Waals surface area contributed by atoms with Crippen molar-refractivity contribution in [2.24, 2.45) is 5.73 Å². The fourth-order valence-electron chi connectivity index (χ4n) is 1.59. The third kappa shape index (κ3) is 3.47. The molecular weight excluding hydrogens is 268 g/mol. The van der Waals surface area contributed by atoms with E-state index in [1.54, 1.807) is 6.07 Å². The van der Waals surface area contributed by atoms with Crippen LogP contribution < -0.4 is 11.1 Å². The highest BCUT2D eigenvalue weighted by molar-refractivity contribution is 8.01. The van der Waals surface area contributed by atoms with Gasteiger partial charge < -0.3 is 15.8 Å². The molecule has 19 heavy (non-hydrogen) atoms. The number of thioether (sulfide) groups is 1. The predicted molar refractivity (Wildman–Crippen MR) is 69.5 cm³/mol. The highest BCUT2D eigenvalue weighted by Gasteiger charge is 2.29. The number of rotatable bonds is 4. The molecule has 0 bridgehead atoms. The number of primary amides is 1. The monoisotopic (exact) mass is 280 g/mol. The zero-order valence-corrected chi connectivity index (χ0v) is 10.7. The molecule has 7 heteroatoms. The molecule has 2 rings (SSSR count). The number of carbonyl (C=O) groups is 3. The lowest BCUT2D eigenvalue weighted by Gasteiger charge is -2.23. The second-order valence-corrected chi connectivity index (χ2v) is 5.17. The molecule has 1 aliphatic heterocycles. The molecule has 0 aromatic heterocycles. The first kappa shape index (κ1) is 13.4. The van der Waals surface area contributed by atoms with Crippen molar-refractivity contribution < 1.29 is 19.1 Å². The normalized spacial score (nSPS) is 17.3. The van der Waals surface area contributed by atoms with E-state index in [1.165, 1.54) is 11.8 Å². The summed E-state index contributed by atoms with van der Waals surface area (Å²) in [4.78, 5) is 34.6. The number of benzene rings is 1. The second kappa shape index (κ2) is 5.75. The van der Waals surface area contributed by atoms with E-state index < -0.39 is 23.7 Å². The van der Waals surface area contributed by atoms with Crippen molar-refractivity contribution >= 4 is 35.2 Å². The van der Waals surface area contributed by atoms with Crippen LogP contribution in [-0.2, 0) is 19.1 Å². The molecule has 6 nitrogen and oxygen atoms in total. The van der Waals surface area contributed by atoms with E-state index in [2.05, 4.69) is 10.1 Å². The second-order valence-electron chi connectivity index (χ2n) is 3.92. The smallest absolute Gasteiger partial charge is 0.307 e. The van der Waals surface area contributed by atoms with Crippen molar-refractivity contribution in [3.05, 3.63) is 24.3 Å². The van der Waals surface area contributed by atoms with E-state index in [-0.39, 0.29) is 12.3 Å². The molecule has 0 saturated heterocycles. The van der Waals surface area contributed by atoms with Gasteiger partial charge in [-0.1, -0.05) is 12.1 Å². The predicted octanol–water partition coefficient (Wildman–Crippen LogP) is 0.518. The van der Waals surface area contributed by atoms with E-state index >= 15 is 0 Å². The molecule has 1 aliphatic rings. The molecule has 100 valence electrons. The van der Waals surface area contributed by atoms with Crippen LogP contribution in [0.25, 0.3) is 0 Å². The van der Waals surface area contributed by atoms with Crippen molar-refractivity contribution in [3.8, 4) is 0 Å². The van der Waals surface area contributed by atoms with Gasteiger partial charge in [0.15, 0.2) is 6.61 Å². The summed E-state index contributed by atoms with van der Waals surface area (Å²) < 4.78 is 4.64. The number of carbonyl (C=O) groups excluding carboxylic acids is 3. The average molecular weight is 280 g/mol. The molecule has 0 unspecified atom stereocenters. The van der Waals surface area contributed by atoms with Gasteiger partial charge in [0.1, 0.15) is 0 Å². The SMILES string of the molecule is NC(=O)COC(=O)C[C@@H]1Sc2ccccc2NC1=O. The first-order valence-corrected chi connectivity index (χ1v) is 6.44. The third-order valence-electron chi connectivity index (χ3n) is 2.43. The Balaban J connectivity index is 1.97. The zero-order valence-electron chi connectivity index (χ0n) is 9.92. The minimum absolute atomic E-state index is 0.0991. The van der Waals surface area contributed by atoms with Crippen LogP contribution in [0.15, 0.2) is 29.2 Å². The Labute approximate surface area is 113 Å². The number of hydrogen-bond acceptors (Lipinski definition) is 5. The van der Waals surface area contributed by atoms with Gasteiger partial charge in [0.2, 0.25) is 5.91 Å². The Morgan fingerprint density at radius 2 is 2.11 bits per heavy atom. The maximum Gasteiger partial charge on any atom is 0.307 e. The molecule has 1 aromatic rings. The Bertz CT molecular complexity index is 532. The highest BCUT2D eigenvalue weighted by Crippen LogP contribution is 2.36. The van der Waals surface area contributed by atoms with Gasteiger partial charge in [-0.05, 0) is 12.1 Å². The summed E-state index contributed by atoms with van der Waals surface area (Å²) in [6, 6.07) is 7.33. The summed E-state index contributed by atoms with van der Waals surface area (Å²) in [7, 11) is 0. The molecule has 1 heterocycles. The van der Waals surface area contributed by atoms with Crippen molar-refractivity contribution in [1.82, 2.24) is 0 Å². The third-order valence-corrected chi connectivity index (χ3v) is 3.71. The van der Waals surface area contributed by atoms with Crippen LogP contribution >= 0.6 is 11.8 Å². The number of esters is 1. The Morgan fingerprint density at radius 3 is 2.84 bits per heavy atom. The summed E-state index contributed by atoms with van der Waals surface area (Å²) in [5.74, 6) is -1.59. The number of anilines is 1. The van der Waals surface area contributed by atoms with Gasteiger partial charge in [0, 0.05) is 4.90 Å². The maximum atomic E-state index is 11.8. The summed E-state index contributed by atoms with van der Waals surface area (Å²) in [6.07, 6.45) is -0.0991. The standard InChI is InChI=1S/C12H12N2O4S/c13-10(15)6-18-11(16)5-9-12(17)14-7-3-1-2-4-8(7)19-9/h1-4,9H,5-6H2,(H2,13,15)(H,14,17)/t9-/m0/s1. The van der Waals surface area contributed by atoms with Crippen LogP contribution in [0.1, 0.15) is 6.42 Å². The minimum atomic E-state index is -0.723. The van der Waals surface area contributed by atoms with Crippen LogP contribution in [0.3, 0.4) is 0 Å².